The molecule has 5 rings (SSSR count). The third-order valence-corrected chi connectivity index (χ3v) is 9.85. The molecule has 2 atom stereocenters. The lowest BCUT2D eigenvalue weighted by atomic mass is 9.81. The van der Waals surface area contributed by atoms with E-state index in [1.165, 1.54) is 17.0 Å². The Bertz CT molecular complexity index is 1700. The van der Waals surface area contributed by atoms with Gasteiger partial charge in [0.05, 0.1) is 11.5 Å². The number of sulfonamides is 1. The third kappa shape index (κ3) is 8.30. The summed E-state index contributed by atoms with van der Waals surface area (Å²) in [6, 6.07) is 32.6. The summed E-state index contributed by atoms with van der Waals surface area (Å²) in [6.07, 6.45) is 0.319. The van der Waals surface area contributed by atoms with E-state index in [1.807, 2.05) is 72.8 Å². The van der Waals surface area contributed by atoms with Crippen LogP contribution in [0.2, 0.25) is 5.02 Å². The third-order valence-electron chi connectivity index (χ3n) is 8.05. The number of carboxylic acids is 1. The van der Waals surface area contributed by atoms with Gasteiger partial charge in [0.15, 0.2) is 0 Å². The van der Waals surface area contributed by atoms with Crippen molar-refractivity contribution in [2.75, 3.05) is 13.2 Å². The second kappa shape index (κ2) is 14.3. The van der Waals surface area contributed by atoms with Gasteiger partial charge in [-0.3, -0.25) is 9.69 Å². The fourth-order valence-electron chi connectivity index (χ4n) is 5.89. The molecule has 1 fully saturated rings. The van der Waals surface area contributed by atoms with E-state index in [1.54, 1.807) is 24.3 Å². The van der Waals surface area contributed by atoms with Crippen molar-refractivity contribution in [2.45, 2.75) is 42.7 Å². The number of nitrogens with one attached hydrogen (secondary N) is 1. The molecule has 0 spiro atoms. The van der Waals surface area contributed by atoms with Crippen molar-refractivity contribution < 1.29 is 27.9 Å². The highest BCUT2D eigenvalue weighted by molar-refractivity contribution is 7.89. The second-order valence-electron chi connectivity index (χ2n) is 11.3. The van der Waals surface area contributed by atoms with Crippen LogP contribution in [0.4, 0.5) is 4.79 Å². The maximum atomic E-state index is 14.1. The zero-order chi connectivity index (χ0) is 31.9. The number of amides is 1. The van der Waals surface area contributed by atoms with Gasteiger partial charge in [0.2, 0.25) is 10.0 Å². The van der Waals surface area contributed by atoms with Crippen molar-refractivity contribution in [1.29, 1.82) is 0 Å². The van der Waals surface area contributed by atoms with E-state index in [-0.39, 0.29) is 43.2 Å². The lowest BCUT2D eigenvalue weighted by Gasteiger charge is -2.49. The smallest absolute Gasteiger partial charge is 0.411 e. The normalized spacial score (nSPS) is 18.3. The van der Waals surface area contributed by atoms with Gasteiger partial charge >= 0.3 is 12.1 Å². The Morgan fingerprint density at radius 1 is 0.867 bits per heavy atom. The molecule has 4 aromatic rings. The fourth-order valence-corrected chi connectivity index (χ4v) is 7.40. The zero-order valence-electron chi connectivity index (χ0n) is 24.6. The summed E-state index contributed by atoms with van der Waals surface area (Å²) in [5, 5.41) is 10.2. The Balaban J connectivity index is 1.47. The minimum Gasteiger partial charge on any atom is -0.481 e. The van der Waals surface area contributed by atoms with Crippen LogP contribution in [-0.2, 0) is 32.4 Å². The second-order valence-corrected chi connectivity index (χ2v) is 13.4. The Kier molecular flexibility index (Phi) is 10.2. The van der Waals surface area contributed by atoms with Gasteiger partial charge in [-0.2, -0.15) is 4.72 Å². The number of nitrogens with zero attached hydrogens (tertiary/aromatic N) is 1. The Morgan fingerprint density at radius 2 is 1.44 bits per heavy atom. The van der Waals surface area contributed by atoms with Crippen LogP contribution in [0.15, 0.2) is 114 Å². The molecule has 1 amide bonds. The molecule has 1 aliphatic heterocycles. The number of carbonyl (C=O) groups excluding carboxylic acids is 1. The molecule has 8 nitrogen and oxygen atoms in total. The van der Waals surface area contributed by atoms with Gasteiger partial charge in [-0.25, -0.2) is 13.2 Å². The van der Waals surface area contributed by atoms with E-state index >= 15 is 0 Å². The molecule has 1 unspecified atom stereocenters. The van der Waals surface area contributed by atoms with Crippen molar-refractivity contribution in [3.63, 3.8) is 0 Å². The summed E-state index contributed by atoms with van der Waals surface area (Å²) >= 11 is 6.02. The molecular weight excluding hydrogens is 612 g/mol. The summed E-state index contributed by atoms with van der Waals surface area (Å²) < 4.78 is 36.7. The minimum absolute atomic E-state index is 0.0189. The minimum atomic E-state index is -4.19. The van der Waals surface area contributed by atoms with Crippen LogP contribution in [0, 0.1) is 5.92 Å². The molecule has 4 aromatic carbocycles. The molecule has 1 saturated heterocycles. The highest BCUT2D eigenvalue weighted by Gasteiger charge is 2.48. The van der Waals surface area contributed by atoms with Crippen LogP contribution >= 0.6 is 11.6 Å². The largest absolute Gasteiger partial charge is 0.481 e. The number of halogens is 1. The molecule has 2 N–H and O–H groups in total. The molecule has 10 heteroatoms. The summed E-state index contributed by atoms with van der Waals surface area (Å²) in [5.74, 6) is -1.34. The predicted molar refractivity (Wildman–Crippen MR) is 173 cm³/mol. The maximum absolute atomic E-state index is 14.1. The van der Waals surface area contributed by atoms with E-state index in [9.17, 15) is 23.1 Å². The number of aliphatic carboxylic acids is 1. The van der Waals surface area contributed by atoms with Crippen molar-refractivity contribution in [1.82, 2.24) is 9.62 Å². The molecule has 0 radical (unpaired) electrons. The van der Waals surface area contributed by atoms with E-state index in [0.29, 0.717) is 17.9 Å². The van der Waals surface area contributed by atoms with Crippen molar-refractivity contribution in [3.05, 3.63) is 125 Å². The van der Waals surface area contributed by atoms with E-state index in [2.05, 4.69) is 4.72 Å². The summed E-state index contributed by atoms with van der Waals surface area (Å²) in [4.78, 5) is 26.9. The fraction of sp³-hybridized carbons (Fsp3) is 0.257. The first kappa shape index (κ1) is 32.2. The molecule has 1 aliphatic rings. The lowest BCUT2D eigenvalue weighted by Crippen LogP contribution is -2.66. The van der Waals surface area contributed by atoms with Gasteiger partial charge < -0.3 is 9.84 Å². The number of hydrogen-bond acceptors (Lipinski definition) is 5. The van der Waals surface area contributed by atoms with Gasteiger partial charge in [0.1, 0.15) is 5.66 Å². The first-order valence-corrected chi connectivity index (χ1v) is 16.6. The number of carbonyl (C=O) groups is 2. The molecular formula is C35H35ClN2O6S. The highest BCUT2D eigenvalue weighted by atomic mass is 35.5. The first-order valence-electron chi connectivity index (χ1n) is 14.8. The number of rotatable bonds is 11. The Morgan fingerprint density at radius 3 is 2.04 bits per heavy atom. The summed E-state index contributed by atoms with van der Waals surface area (Å²) in [6.45, 7) is 0.241. The number of hydrogen-bond donors (Lipinski definition) is 2. The SMILES string of the molecule is O=C(O)CC1CCN(C(=O)OCCc2ccccc2)[C@](Cc2ccccc2)(NS(=O)(=O)c2ccc(-c3ccc(Cl)cc3)cc2)C1. The average molecular weight is 647 g/mol. The van der Waals surface area contributed by atoms with Crippen LogP contribution in [0.5, 0.6) is 0 Å². The Labute approximate surface area is 268 Å². The molecule has 0 aliphatic carbocycles. The molecule has 0 bridgehead atoms. The summed E-state index contributed by atoms with van der Waals surface area (Å²) in [5.41, 5.74) is 2.01. The molecule has 1 heterocycles. The first-order chi connectivity index (χ1) is 21.6. The number of carboxylic acid groups (broad SMARTS) is 1. The highest BCUT2D eigenvalue weighted by Crippen LogP contribution is 2.37. The van der Waals surface area contributed by atoms with Gasteiger partial charge in [0.25, 0.3) is 0 Å². The van der Waals surface area contributed by atoms with Crippen LogP contribution in [0.25, 0.3) is 11.1 Å². The van der Waals surface area contributed by atoms with Gasteiger partial charge in [-0.05, 0) is 65.3 Å². The molecule has 45 heavy (non-hydrogen) atoms. The lowest BCUT2D eigenvalue weighted by molar-refractivity contribution is -0.139. The standard InChI is InChI=1S/C35H35ClN2O6S/c36-31-15-11-29(12-16-31)30-13-17-32(18-14-30)45(42,43)37-35(24-27-9-5-2-6-10-27)25-28(23-33(39)40)19-21-38(35)34(41)44-22-20-26-7-3-1-4-8-26/h1-18,28,37H,19-25H2,(H,39,40)/t28?,35-/m0/s1. The van der Waals surface area contributed by atoms with Gasteiger partial charge in [-0.15, -0.1) is 0 Å². The topological polar surface area (TPSA) is 113 Å². The molecule has 0 saturated carbocycles. The van der Waals surface area contributed by atoms with Crippen LogP contribution in [0.3, 0.4) is 0 Å². The van der Waals surface area contributed by atoms with Gasteiger partial charge in [0, 0.05) is 30.8 Å². The molecule has 0 aromatic heterocycles. The maximum Gasteiger partial charge on any atom is 0.411 e. The quantitative estimate of drug-likeness (QED) is 0.186. The van der Waals surface area contributed by atoms with Crippen molar-refractivity contribution >= 4 is 33.7 Å². The van der Waals surface area contributed by atoms with E-state index in [0.717, 1.165) is 22.3 Å². The average Bonchev–Trinajstić information content (AvgIpc) is 3.02. The number of piperidine rings is 1. The molecule has 234 valence electrons. The number of likely N-dealkylation sites (tertiary alicyclic amines) is 1. The van der Waals surface area contributed by atoms with Crippen LogP contribution < -0.4 is 4.72 Å². The van der Waals surface area contributed by atoms with Crippen LogP contribution in [0.1, 0.15) is 30.4 Å². The summed E-state index contributed by atoms with van der Waals surface area (Å²) in [7, 11) is -4.19. The van der Waals surface area contributed by atoms with Crippen molar-refractivity contribution in [2.24, 2.45) is 5.92 Å². The Hall–Kier alpha value is -4.18. The number of benzene rings is 4. The van der Waals surface area contributed by atoms with Crippen LogP contribution in [-0.4, -0.2) is 49.3 Å². The van der Waals surface area contributed by atoms with E-state index in [4.69, 9.17) is 16.3 Å². The monoisotopic (exact) mass is 646 g/mol. The predicted octanol–water partition coefficient (Wildman–Crippen LogP) is 6.79. The zero-order valence-corrected chi connectivity index (χ0v) is 26.2. The van der Waals surface area contributed by atoms with E-state index < -0.39 is 27.7 Å². The van der Waals surface area contributed by atoms with Crippen molar-refractivity contribution in [3.8, 4) is 11.1 Å². The van der Waals surface area contributed by atoms with Gasteiger partial charge in [-0.1, -0.05) is 96.5 Å². The number of ether oxygens (including phenoxy) is 1.